The number of hydrogen-bond acceptors (Lipinski definition) is 3. The molecule has 0 radical (unpaired) electrons. The standard InChI is InChI=1S/C15H25Cl2NO.C9H10FNO/c1-5-9-18(10-12(6-2)11-19)15(13(16)7-3)14(17)8-4;1-6-5-8(11-7(2)12)3-4-9(6)10/h7-8,12,19H,3,5-6,9-11H2,1-2,4H3;3-5H,1-2H3,(H,11,12)/b14-8+,15-13-;. The Hall–Kier alpha value is -1.82. The van der Waals surface area contributed by atoms with E-state index in [2.05, 4.69) is 30.6 Å². The fourth-order valence-electron chi connectivity index (χ4n) is 2.77. The van der Waals surface area contributed by atoms with Gasteiger partial charge in [0.05, 0.1) is 15.8 Å². The smallest absolute Gasteiger partial charge is 0.221 e. The predicted molar refractivity (Wildman–Crippen MR) is 131 cm³/mol. The Kier molecular flexibility index (Phi) is 15.0. The van der Waals surface area contributed by atoms with Gasteiger partial charge in [-0.2, -0.15) is 0 Å². The van der Waals surface area contributed by atoms with Crippen molar-refractivity contribution >= 4 is 34.8 Å². The van der Waals surface area contributed by atoms with Gasteiger partial charge in [0, 0.05) is 32.3 Å². The molecule has 7 heteroatoms. The van der Waals surface area contributed by atoms with E-state index in [1.165, 1.54) is 19.1 Å². The first-order chi connectivity index (χ1) is 14.6. The molecule has 0 saturated carbocycles. The van der Waals surface area contributed by atoms with Gasteiger partial charge >= 0.3 is 0 Å². The molecule has 1 aromatic rings. The minimum absolute atomic E-state index is 0.152. The average molecular weight is 473 g/mol. The maximum Gasteiger partial charge on any atom is 0.221 e. The summed E-state index contributed by atoms with van der Waals surface area (Å²) in [5.41, 5.74) is 1.96. The van der Waals surface area contributed by atoms with E-state index < -0.39 is 0 Å². The molecule has 4 nitrogen and oxygen atoms in total. The Bertz CT molecular complexity index is 775. The number of hydrogen-bond donors (Lipinski definition) is 2. The largest absolute Gasteiger partial charge is 0.396 e. The maximum atomic E-state index is 12.7. The van der Waals surface area contributed by atoms with Gasteiger partial charge in [-0.05, 0) is 62.4 Å². The van der Waals surface area contributed by atoms with Crippen molar-refractivity contribution < 1.29 is 14.3 Å². The van der Waals surface area contributed by atoms with Crippen molar-refractivity contribution in [2.24, 2.45) is 5.92 Å². The van der Waals surface area contributed by atoms with Gasteiger partial charge in [0.1, 0.15) is 5.82 Å². The highest BCUT2D eigenvalue weighted by Gasteiger charge is 2.18. The number of rotatable bonds is 10. The zero-order chi connectivity index (χ0) is 24.0. The van der Waals surface area contributed by atoms with Crippen LogP contribution >= 0.6 is 23.2 Å². The topological polar surface area (TPSA) is 52.6 Å². The molecule has 2 N–H and O–H groups in total. The molecule has 1 atom stereocenters. The van der Waals surface area contributed by atoms with Crippen molar-refractivity contribution in [1.29, 1.82) is 0 Å². The Morgan fingerprint density at radius 2 is 2.00 bits per heavy atom. The average Bonchev–Trinajstić information content (AvgIpc) is 2.74. The number of amides is 1. The minimum atomic E-state index is -0.260. The van der Waals surface area contributed by atoms with Gasteiger partial charge in [0.25, 0.3) is 0 Å². The summed E-state index contributed by atoms with van der Waals surface area (Å²) >= 11 is 12.5. The van der Waals surface area contributed by atoms with Crippen molar-refractivity contribution in [2.75, 3.05) is 25.0 Å². The Morgan fingerprint density at radius 3 is 2.42 bits per heavy atom. The summed E-state index contributed by atoms with van der Waals surface area (Å²) in [5.74, 6) is -0.192. The van der Waals surface area contributed by atoms with E-state index in [0.29, 0.717) is 21.3 Å². The number of nitrogens with zero attached hydrogens (tertiary/aromatic N) is 1. The third kappa shape index (κ3) is 10.9. The summed E-state index contributed by atoms with van der Waals surface area (Å²) in [6, 6.07) is 4.46. The van der Waals surface area contributed by atoms with Crippen LogP contribution in [0.1, 0.15) is 46.1 Å². The van der Waals surface area contributed by atoms with Gasteiger partial charge in [-0.25, -0.2) is 4.39 Å². The van der Waals surface area contributed by atoms with Crippen molar-refractivity contribution in [3.8, 4) is 0 Å². The molecule has 0 aromatic heterocycles. The van der Waals surface area contributed by atoms with Gasteiger partial charge in [-0.1, -0.05) is 49.7 Å². The number of carbonyl (C=O) groups excluding carboxylic acids is 1. The van der Waals surface area contributed by atoms with Crippen molar-refractivity contribution in [3.63, 3.8) is 0 Å². The van der Waals surface area contributed by atoms with Crippen molar-refractivity contribution in [1.82, 2.24) is 4.90 Å². The molecule has 0 aliphatic rings. The van der Waals surface area contributed by atoms with E-state index in [4.69, 9.17) is 23.2 Å². The lowest BCUT2D eigenvalue weighted by Gasteiger charge is -2.30. The van der Waals surface area contributed by atoms with Crippen LogP contribution in [0.2, 0.25) is 0 Å². The molecule has 31 heavy (non-hydrogen) atoms. The Labute approximate surface area is 196 Å². The first-order valence-corrected chi connectivity index (χ1v) is 11.1. The quantitative estimate of drug-likeness (QED) is 0.377. The van der Waals surface area contributed by atoms with Gasteiger partial charge in [-0.3, -0.25) is 4.79 Å². The molecule has 1 amide bonds. The van der Waals surface area contributed by atoms with Crippen LogP contribution in [0.3, 0.4) is 0 Å². The molecule has 1 unspecified atom stereocenters. The molecule has 1 rings (SSSR count). The summed E-state index contributed by atoms with van der Waals surface area (Å²) in [6.45, 7) is 14.6. The molecule has 174 valence electrons. The zero-order valence-electron chi connectivity index (χ0n) is 19.1. The summed E-state index contributed by atoms with van der Waals surface area (Å²) in [7, 11) is 0. The lowest BCUT2D eigenvalue weighted by atomic mass is 10.1. The molecule has 1 aromatic carbocycles. The second-order valence-corrected chi connectivity index (χ2v) is 7.90. The lowest BCUT2D eigenvalue weighted by molar-refractivity contribution is -0.114. The molecular weight excluding hydrogens is 438 g/mol. The molecule has 0 fully saturated rings. The van der Waals surface area contributed by atoms with Crippen molar-refractivity contribution in [2.45, 2.75) is 47.5 Å². The third-order valence-electron chi connectivity index (χ3n) is 4.49. The second kappa shape index (κ2) is 15.9. The van der Waals surface area contributed by atoms with Crippen molar-refractivity contribution in [3.05, 3.63) is 64.1 Å². The summed E-state index contributed by atoms with van der Waals surface area (Å²) in [6.07, 6.45) is 5.33. The van der Waals surface area contributed by atoms with Crippen LogP contribution in [-0.2, 0) is 4.79 Å². The number of anilines is 1. The minimum Gasteiger partial charge on any atom is -0.396 e. The SMILES string of the molecule is C=C/C(Cl)=C(\C(Cl)=C/C)N(CCC)CC(CC)CO.CC(=O)Nc1ccc(F)c(C)c1. The number of aliphatic hydroxyl groups is 1. The number of benzene rings is 1. The van der Waals surface area contributed by atoms with Crippen LogP contribution in [0.15, 0.2) is 52.7 Å². The number of carbonyl (C=O) groups is 1. The summed E-state index contributed by atoms with van der Waals surface area (Å²) < 4.78 is 12.7. The monoisotopic (exact) mass is 472 g/mol. The molecule has 0 aliphatic carbocycles. The number of nitrogens with one attached hydrogen (secondary N) is 1. The van der Waals surface area contributed by atoms with Crippen LogP contribution in [-0.4, -0.2) is 35.6 Å². The van der Waals surface area contributed by atoms with Gasteiger partial charge in [-0.15, -0.1) is 0 Å². The van der Waals surface area contributed by atoms with E-state index in [0.717, 1.165) is 31.6 Å². The third-order valence-corrected chi connectivity index (χ3v) is 5.22. The van der Waals surface area contributed by atoms with Crippen LogP contribution < -0.4 is 5.32 Å². The van der Waals surface area contributed by atoms with E-state index in [1.54, 1.807) is 19.1 Å². The Balaban J connectivity index is 0.000000639. The highest BCUT2D eigenvalue weighted by Crippen LogP contribution is 2.27. The molecule has 0 saturated heterocycles. The Morgan fingerprint density at radius 1 is 1.35 bits per heavy atom. The van der Waals surface area contributed by atoms with E-state index in [1.807, 2.05) is 13.0 Å². The van der Waals surface area contributed by atoms with Gasteiger partial charge < -0.3 is 15.3 Å². The first-order valence-electron chi connectivity index (χ1n) is 10.4. The number of aryl methyl sites for hydroxylation is 1. The molecular formula is C24H35Cl2FN2O2. The zero-order valence-corrected chi connectivity index (χ0v) is 20.7. The van der Waals surface area contributed by atoms with E-state index in [-0.39, 0.29) is 24.2 Å². The fourth-order valence-corrected chi connectivity index (χ4v) is 3.26. The van der Waals surface area contributed by atoms with Crippen LogP contribution in [0.25, 0.3) is 0 Å². The highest BCUT2D eigenvalue weighted by atomic mass is 35.5. The van der Waals surface area contributed by atoms with Crippen LogP contribution in [0.4, 0.5) is 10.1 Å². The van der Waals surface area contributed by atoms with Gasteiger partial charge in [0.15, 0.2) is 0 Å². The predicted octanol–water partition coefficient (Wildman–Crippen LogP) is 6.59. The van der Waals surface area contributed by atoms with E-state index >= 15 is 0 Å². The van der Waals surface area contributed by atoms with Gasteiger partial charge in [0.2, 0.25) is 5.91 Å². The van der Waals surface area contributed by atoms with Crippen LogP contribution in [0.5, 0.6) is 0 Å². The number of aliphatic hydroxyl groups excluding tert-OH is 1. The normalized spacial score (nSPS) is 12.9. The molecule has 0 aliphatic heterocycles. The summed E-state index contributed by atoms with van der Waals surface area (Å²) in [5, 5.41) is 13.1. The second-order valence-electron chi connectivity index (χ2n) is 7.09. The maximum absolute atomic E-state index is 12.7. The lowest BCUT2D eigenvalue weighted by Crippen LogP contribution is -2.32. The fraction of sp³-hybridized carbons (Fsp3) is 0.458. The summed E-state index contributed by atoms with van der Waals surface area (Å²) in [4.78, 5) is 12.7. The number of halogens is 3. The molecule has 0 bridgehead atoms. The first kappa shape index (κ1) is 29.2. The highest BCUT2D eigenvalue weighted by molar-refractivity contribution is 6.36. The molecule has 0 heterocycles. The number of allylic oxidation sites excluding steroid dienone is 4. The van der Waals surface area contributed by atoms with E-state index in [9.17, 15) is 14.3 Å². The molecule has 0 spiro atoms. The van der Waals surface area contributed by atoms with Crippen LogP contribution in [0, 0.1) is 18.7 Å².